The first kappa shape index (κ1) is 18.0. The Bertz CT molecular complexity index is 748. The number of nitrogens with zero attached hydrogens (tertiary/aromatic N) is 3. The van der Waals surface area contributed by atoms with Gasteiger partial charge in [0.15, 0.2) is 11.9 Å². The molecule has 2 aromatic rings. The third kappa shape index (κ3) is 3.96. The highest BCUT2D eigenvalue weighted by molar-refractivity contribution is 6.08. The number of hydrogen-bond acceptors (Lipinski definition) is 6. The lowest BCUT2D eigenvalue weighted by Crippen LogP contribution is -2.54. The smallest absolute Gasteiger partial charge is 0.275 e. The van der Waals surface area contributed by atoms with Crippen molar-refractivity contribution in [3.8, 4) is 11.4 Å². The highest BCUT2D eigenvalue weighted by Crippen LogP contribution is 2.16. The average molecular weight is 343 g/mol. The lowest BCUT2D eigenvalue weighted by molar-refractivity contribution is -0.140. The lowest BCUT2D eigenvalue weighted by atomic mass is 10.1. The van der Waals surface area contributed by atoms with Gasteiger partial charge < -0.3 is 10.2 Å². The van der Waals surface area contributed by atoms with Gasteiger partial charge in [-0.15, -0.1) is 0 Å². The first-order valence-electron chi connectivity index (χ1n) is 7.29. The molecule has 0 aliphatic carbocycles. The van der Waals surface area contributed by atoms with E-state index >= 15 is 0 Å². The van der Waals surface area contributed by atoms with Crippen molar-refractivity contribution in [1.29, 1.82) is 0 Å². The molecule has 0 bridgehead atoms. The van der Waals surface area contributed by atoms with Crippen LogP contribution in [-0.2, 0) is 9.59 Å². The van der Waals surface area contributed by atoms with Crippen molar-refractivity contribution in [3.05, 3.63) is 48.3 Å². The maximum absolute atomic E-state index is 12.5. The lowest BCUT2D eigenvalue weighted by Gasteiger charge is -2.25. The number of rotatable bonds is 5. The van der Waals surface area contributed by atoms with E-state index < -0.39 is 23.8 Å². The number of likely N-dealkylation sites (N-methyl/N-ethyl adjacent to an activating group) is 2. The third-order valence-electron chi connectivity index (χ3n) is 3.52. The minimum Gasteiger partial charge on any atom is -0.357 e. The van der Waals surface area contributed by atoms with Gasteiger partial charge >= 0.3 is 0 Å². The monoisotopic (exact) mass is 343 g/mol. The molecule has 1 atom stereocenters. The second-order valence-corrected chi connectivity index (χ2v) is 5.06. The summed E-state index contributed by atoms with van der Waals surface area (Å²) in [6.07, 6.45) is 3.22. The molecule has 1 aromatic heterocycles. The minimum absolute atomic E-state index is 0.266. The van der Waals surface area contributed by atoms with E-state index in [0.29, 0.717) is 5.82 Å². The van der Waals surface area contributed by atoms with Gasteiger partial charge in [-0.3, -0.25) is 19.6 Å². The van der Waals surface area contributed by atoms with Crippen LogP contribution in [0.25, 0.3) is 11.4 Å². The molecular weight excluding hydrogens is 326 g/mol. The first-order valence-corrected chi connectivity index (χ1v) is 7.29. The van der Waals surface area contributed by atoms with Gasteiger partial charge in [-0.2, -0.15) is 0 Å². The minimum atomic E-state index is -1.50. The Morgan fingerprint density at radius 3 is 2.20 bits per heavy atom. The van der Waals surface area contributed by atoms with Crippen LogP contribution < -0.4 is 10.8 Å². The molecule has 0 saturated carbocycles. The maximum Gasteiger partial charge on any atom is 0.275 e. The van der Waals surface area contributed by atoms with Crippen LogP contribution in [-0.4, -0.2) is 57.9 Å². The van der Waals surface area contributed by atoms with Crippen LogP contribution in [0, 0.1) is 0 Å². The zero-order chi connectivity index (χ0) is 18.4. The van der Waals surface area contributed by atoms with Gasteiger partial charge in [0.2, 0.25) is 0 Å². The summed E-state index contributed by atoms with van der Waals surface area (Å²) >= 11 is 0. The van der Waals surface area contributed by atoms with Crippen molar-refractivity contribution in [3.63, 3.8) is 0 Å². The van der Waals surface area contributed by atoms with E-state index in [1.807, 2.05) is 0 Å². The number of aromatic nitrogens is 2. The van der Waals surface area contributed by atoms with Gasteiger partial charge in [0.1, 0.15) is 0 Å². The third-order valence-corrected chi connectivity index (χ3v) is 3.52. The molecule has 0 saturated heterocycles. The predicted molar refractivity (Wildman–Crippen MR) is 87.3 cm³/mol. The molecular formula is C16H17N5O4. The molecule has 9 heteroatoms. The molecule has 0 radical (unpaired) electrons. The summed E-state index contributed by atoms with van der Waals surface area (Å²) < 4.78 is 0. The molecule has 0 spiro atoms. The van der Waals surface area contributed by atoms with Crippen LogP contribution >= 0.6 is 0 Å². The van der Waals surface area contributed by atoms with E-state index in [1.165, 1.54) is 19.6 Å². The molecule has 3 amide bonds. The summed E-state index contributed by atoms with van der Waals surface area (Å²) in [7, 11) is 2.62. The largest absolute Gasteiger partial charge is 0.357 e. The molecule has 1 heterocycles. The molecule has 9 nitrogen and oxygen atoms in total. The second-order valence-electron chi connectivity index (χ2n) is 5.06. The standard InChI is InChI=1S/C16H17N5O4/c1-17-14(22)12(15(23)20-25)21(2)16(24)11-6-4-10(5-7-11)13-18-8-3-9-19-13/h3-9,12,25H,1-2H3,(H,17,22)(H,20,23). The van der Waals surface area contributed by atoms with Crippen LogP contribution in [0.2, 0.25) is 0 Å². The Morgan fingerprint density at radius 2 is 1.68 bits per heavy atom. The van der Waals surface area contributed by atoms with Gasteiger partial charge in [0.05, 0.1) is 0 Å². The zero-order valence-electron chi connectivity index (χ0n) is 13.6. The molecule has 1 aromatic carbocycles. The van der Waals surface area contributed by atoms with Gasteiger partial charge in [0.25, 0.3) is 17.7 Å². The van der Waals surface area contributed by atoms with E-state index in [1.54, 1.807) is 42.7 Å². The summed E-state index contributed by atoms with van der Waals surface area (Å²) in [6, 6.07) is 6.61. The van der Waals surface area contributed by atoms with Crippen LogP contribution in [0.5, 0.6) is 0 Å². The fourth-order valence-electron chi connectivity index (χ4n) is 2.20. The average Bonchev–Trinajstić information content (AvgIpc) is 2.67. The summed E-state index contributed by atoms with van der Waals surface area (Å²) in [5.74, 6) is -1.78. The predicted octanol–water partition coefficient (Wildman–Crippen LogP) is -0.164. The molecule has 0 aliphatic heterocycles. The summed E-state index contributed by atoms with van der Waals surface area (Å²) in [6.45, 7) is 0. The quantitative estimate of drug-likeness (QED) is 0.393. The normalized spacial score (nSPS) is 11.3. The van der Waals surface area contributed by atoms with Crippen molar-refractivity contribution < 1.29 is 19.6 Å². The number of benzene rings is 1. The van der Waals surface area contributed by atoms with Crippen molar-refractivity contribution in [2.24, 2.45) is 0 Å². The van der Waals surface area contributed by atoms with Crippen molar-refractivity contribution >= 4 is 17.7 Å². The van der Waals surface area contributed by atoms with E-state index in [9.17, 15) is 14.4 Å². The zero-order valence-corrected chi connectivity index (χ0v) is 13.6. The molecule has 130 valence electrons. The van der Waals surface area contributed by atoms with E-state index in [0.717, 1.165) is 10.5 Å². The maximum atomic E-state index is 12.5. The van der Waals surface area contributed by atoms with Gasteiger partial charge in [-0.05, 0) is 18.2 Å². The molecule has 2 rings (SSSR count). The number of amides is 3. The van der Waals surface area contributed by atoms with Crippen LogP contribution in [0.4, 0.5) is 0 Å². The van der Waals surface area contributed by atoms with E-state index in [4.69, 9.17) is 5.21 Å². The Balaban J connectivity index is 2.24. The number of hydrogen-bond donors (Lipinski definition) is 3. The van der Waals surface area contributed by atoms with Gasteiger partial charge in [-0.1, -0.05) is 12.1 Å². The number of hydroxylamine groups is 1. The Morgan fingerprint density at radius 1 is 1.08 bits per heavy atom. The van der Waals surface area contributed by atoms with Crippen LogP contribution in [0.1, 0.15) is 10.4 Å². The molecule has 0 aliphatic rings. The summed E-state index contributed by atoms with van der Waals surface area (Å²) in [5, 5.41) is 11.1. The number of carbonyl (C=O) groups is 3. The van der Waals surface area contributed by atoms with Crippen molar-refractivity contribution in [2.75, 3.05) is 14.1 Å². The van der Waals surface area contributed by atoms with Gasteiger partial charge in [0, 0.05) is 37.6 Å². The molecule has 1 unspecified atom stereocenters. The fourth-order valence-corrected chi connectivity index (χ4v) is 2.20. The molecule has 25 heavy (non-hydrogen) atoms. The van der Waals surface area contributed by atoms with Crippen LogP contribution in [0.15, 0.2) is 42.7 Å². The topological polar surface area (TPSA) is 125 Å². The van der Waals surface area contributed by atoms with Gasteiger partial charge in [-0.25, -0.2) is 15.4 Å². The Kier molecular flexibility index (Phi) is 5.75. The molecule has 0 fully saturated rings. The second kappa shape index (κ2) is 7.97. The fraction of sp³-hybridized carbons (Fsp3) is 0.188. The van der Waals surface area contributed by atoms with E-state index in [-0.39, 0.29) is 5.56 Å². The van der Waals surface area contributed by atoms with Crippen LogP contribution in [0.3, 0.4) is 0 Å². The van der Waals surface area contributed by atoms with Crippen molar-refractivity contribution in [1.82, 2.24) is 25.7 Å². The Hall–Kier alpha value is -3.33. The number of nitrogens with one attached hydrogen (secondary N) is 2. The van der Waals surface area contributed by atoms with E-state index in [2.05, 4.69) is 15.3 Å². The highest BCUT2D eigenvalue weighted by atomic mass is 16.5. The SMILES string of the molecule is CNC(=O)C(C(=O)NO)N(C)C(=O)c1ccc(-c2ncccn2)cc1. The molecule has 3 N–H and O–H groups in total. The first-order chi connectivity index (χ1) is 12.0. The highest BCUT2D eigenvalue weighted by Gasteiger charge is 2.33. The number of carbonyl (C=O) groups excluding carboxylic acids is 3. The Labute approximate surface area is 143 Å². The van der Waals surface area contributed by atoms with Crippen molar-refractivity contribution in [2.45, 2.75) is 6.04 Å². The summed E-state index contributed by atoms with van der Waals surface area (Å²) in [4.78, 5) is 45.2. The summed E-state index contributed by atoms with van der Waals surface area (Å²) in [5.41, 5.74) is 2.37.